The van der Waals surface area contributed by atoms with Crippen LogP contribution < -0.4 is 11.3 Å². The van der Waals surface area contributed by atoms with Gasteiger partial charge in [-0.05, 0) is 52.5 Å². The topological polar surface area (TPSA) is 50.9 Å². The van der Waals surface area contributed by atoms with Gasteiger partial charge in [0.1, 0.15) is 0 Å². The van der Waals surface area contributed by atoms with Gasteiger partial charge in [0, 0.05) is 21.3 Å². The van der Waals surface area contributed by atoms with Crippen LogP contribution in [0.5, 0.6) is 0 Å². The van der Waals surface area contributed by atoms with Gasteiger partial charge in [0.15, 0.2) is 0 Å². The first-order valence-corrected chi connectivity index (χ1v) is 7.50. The van der Waals surface area contributed by atoms with Crippen LogP contribution in [0.1, 0.15) is 22.7 Å². The Balaban J connectivity index is 2.27. The van der Waals surface area contributed by atoms with Crippen molar-refractivity contribution in [2.24, 2.45) is 5.84 Å². The molecule has 19 heavy (non-hydrogen) atoms. The smallest absolute Gasteiger partial charge is 0.0512 e. The molecule has 0 amide bonds. The highest BCUT2D eigenvalue weighted by molar-refractivity contribution is 9.10. The number of nitrogens with zero attached hydrogens (tertiary/aromatic N) is 1. The summed E-state index contributed by atoms with van der Waals surface area (Å²) in [5.41, 5.74) is 6.38. The molecule has 1 aromatic carbocycles. The van der Waals surface area contributed by atoms with E-state index in [4.69, 9.17) is 5.84 Å². The van der Waals surface area contributed by atoms with Crippen LogP contribution in [0.25, 0.3) is 0 Å². The Morgan fingerprint density at radius 1 is 1.26 bits per heavy atom. The lowest BCUT2D eigenvalue weighted by molar-refractivity contribution is 0.549. The highest BCUT2D eigenvalue weighted by atomic mass is 79.9. The predicted octanol–water partition coefficient (Wildman–Crippen LogP) is 3.66. The van der Waals surface area contributed by atoms with Crippen LogP contribution in [0, 0.1) is 6.92 Å². The third kappa shape index (κ3) is 3.86. The number of hydrogen-bond donors (Lipinski definition) is 2. The fourth-order valence-electron chi connectivity index (χ4n) is 1.99. The van der Waals surface area contributed by atoms with Crippen LogP contribution in [0.4, 0.5) is 0 Å². The molecular formula is C14H15Br2N3. The summed E-state index contributed by atoms with van der Waals surface area (Å²) in [5, 5.41) is 0. The number of hydrogen-bond acceptors (Lipinski definition) is 3. The average molecular weight is 385 g/mol. The maximum atomic E-state index is 5.71. The van der Waals surface area contributed by atoms with Gasteiger partial charge in [-0.1, -0.05) is 33.6 Å². The van der Waals surface area contributed by atoms with E-state index < -0.39 is 0 Å². The number of rotatable bonds is 4. The van der Waals surface area contributed by atoms with Crippen molar-refractivity contribution in [2.75, 3.05) is 0 Å². The van der Waals surface area contributed by atoms with Crippen LogP contribution in [0.3, 0.4) is 0 Å². The molecule has 2 aromatic rings. The van der Waals surface area contributed by atoms with Crippen molar-refractivity contribution in [3.8, 4) is 0 Å². The Bertz CT molecular complexity index is 572. The Morgan fingerprint density at radius 2 is 2.05 bits per heavy atom. The van der Waals surface area contributed by atoms with Gasteiger partial charge < -0.3 is 0 Å². The lowest BCUT2D eigenvalue weighted by atomic mass is 9.99. The van der Waals surface area contributed by atoms with Crippen LogP contribution in [-0.4, -0.2) is 4.98 Å². The van der Waals surface area contributed by atoms with Gasteiger partial charge in [-0.25, -0.2) is 0 Å². The molecule has 5 heteroatoms. The number of benzene rings is 1. The molecule has 0 bridgehead atoms. The standard InChI is InChI=1S/C14H15Br2N3/c1-9-2-3-13(16)12(4-9)14(19-17)6-10-5-11(15)8-18-7-10/h2-5,7-8,14,19H,6,17H2,1H3. The van der Waals surface area contributed by atoms with E-state index in [0.29, 0.717) is 0 Å². The van der Waals surface area contributed by atoms with Crippen molar-refractivity contribution in [1.82, 2.24) is 10.4 Å². The maximum absolute atomic E-state index is 5.71. The number of halogens is 2. The van der Waals surface area contributed by atoms with Gasteiger partial charge in [0.25, 0.3) is 0 Å². The van der Waals surface area contributed by atoms with Gasteiger partial charge >= 0.3 is 0 Å². The summed E-state index contributed by atoms with van der Waals surface area (Å²) in [6, 6.07) is 8.36. The Hall–Kier alpha value is -0.750. The second kappa shape index (κ2) is 6.61. The molecule has 1 unspecified atom stereocenters. The van der Waals surface area contributed by atoms with E-state index in [1.54, 1.807) is 6.20 Å². The number of hydrazine groups is 1. The van der Waals surface area contributed by atoms with Crippen LogP contribution >= 0.6 is 31.9 Å². The lowest BCUT2D eigenvalue weighted by Crippen LogP contribution is -2.30. The highest BCUT2D eigenvalue weighted by Crippen LogP contribution is 2.27. The molecule has 3 N–H and O–H groups in total. The van der Waals surface area contributed by atoms with Crippen molar-refractivity contribution in [1.29, 1.82) is 0 Å². The summed E-state index contributed by atoms with van der Waals surface area (Å²) in [6.45, 7) is 2.07. The van der Waals surface area contributed by atoms with Gasteiger partial charge in [-0.15, -0.1) is 0 Å². The summed E-state index contributed by atoms with van der Waals surface area (Å²) in [6.07, 6.45) is 4.42. The molecule has 0 aliphatic heterocycles. The average Bonchev–Trinajstić information content (AvgIpc) is 2.39. The van der Waals surface area contributed by atoms with Crippen molar-refractivity contribution < 1.29 is 0 Å². The molecule has 0 radical (unpaired) electrons. The molecule has 0 aliphatic carbocycles. The van der Waals surface area contributed by atoms with Crippen LogP contribution in [0.15, 0.2) is 45.6 Å². The quantitative estimate of drug-likeness (QED) is 0.624. The first kappa shape index (κ1) is 14.7. The van der Waals surface area contributed by atoms with E-state index in [1.165, 1.54) is 5.56 Å². The van der Waals surface area contributed by atoms with Crippen molar-refractivity contribution in [3.63, 3.8) is 0 Å². The normalized spacial score (nSPS) is 12.4. The molecule has 0 fully saturated rings. The minimum absolute atomic E-state index is 0.0466. The molecule has 1 atom stereocenters. The summed E-state index contributed by atoms with van der Waals surface area (Å²) in [5.74, 6) is 5.71. The first-order chi connectivity index (χ1) is 9.10. The van der Waals surface area contributed by atoms with Gasteiger partial charge in [0.2, 0.25) is 0 Å². The monoisotopic (exact) mass is 383 g/mol. The van der Waals surface area contributed by atoms with Crippen LogP contribution in [-0.2, 0) is 6.42 Å². The molecule has 1 heterocycles. The second-order valence-electron chi connectivity index (χ2n) is 4.46. The SMILES string of the molecule is Cc1ccc(Br)c(C(Cc2cncc(Br)c2)NN)c1. The van der Waals surface area contributed by atoms with E-state index in [-0.39, 0.29) is 6.04 Å². The predicted molar refractivity (Wildman–Crippen MR) is 84.6 cm³/mol. The zero-order valence-electron chi connectivity index (χ0n) is 10.5. The van der Waals surface area contributed by atoms with E-state index in [9.17, 15) is 0 Å². The summed E-state index contributed by atoms with van der Waals surface area (Å²) in [7, 11) is 0. The van der Waals surface area contributed by atoms with E-state index >= 15 is 0 Å². The van der Waals surface area contributed by atoms with E-state index in [0.717, 1.165) is 26.5 Å². The molecule has 3 nitrogen and oxygen atoms in total. The zero-order chi connectivity index (χ0) is 13.8. The fourth-order valence-corrected chi connectivity index (χ4v) is 2.93. The van der Waals surface area contributed by atoms with Crippen molar-refractivity contribution in [2.45, 2.75) is 19.4 Å². The molecular weight excluding hydrogens is 370 g/mol. The fraction of sp³-hybridized carbons (Fsp3) is 0.214. The largest absolute Gasteiger partial charge is 0.271 e. The maximum Gasteiger partial charge on any atom is 0.0512 e. The summed E-state index contributed by atoms with van der Waals surface area (Å²) >= 11 is 7.01. The Morgan fingerprint density at radius 3 is 2.74 bits per heavy atom. The zero-order valence-corrected chi connectivity index (χ0v) is 13.7. The molecule has 0 aliphatic rings. The molecule has 1 aromatic heterocycles. The van der Waals surface area contributed by atoms with Crippen LogP contribution in [0.2, 0.25) is 0 Å². The summed E-state index contributed by atoms with van der Waals surface area (Å²) in [4.78, 5) is 4.18. The minimum atomic E-state index is 0.0466. The minimum Gasteiger partial charge on any atom is -0.271 e. The van der Waals surface area contributed by atoms with E-state index in [2.05, 4.69) is 67.4 Å². The summed E-state index contributed by atoms with van der Waals surface area (Å²) < 4.78 is 2.04. The third-order valence-electron chi connectivity index (χ3n) is 2.93. The molecule has 2 rings (SSSR count). The first-order valence-electron chi connectivity index (χ1n) is 5.91. The highest BCUT2D eigenvalue weighted by Gasteiger charge is 2.14. The molecule has 0 saturated carbocycles. The number of nitrogens with two attached hydrogens (primary N) is 1. The van der Waals surface area contributed by atoms with Crippen molar-refractivity contribution in [3.05, 3.63) is 62.3 Å². The lowest BCUT2D eigenvalue weighted by Gasteiger charge is -2.18. The third-order valence-corrected chi connectivity index (χ3v) is 4.09. The Labute approximate surface area is 129 Å². The van der Waals surface area contributed by atoms with E-state index in [1.807, 2.05) is 12.3 Å². The molecule has 0 saturated heterocycles. The van der Waals surface area contributed by atoms with Crippen molar-refractivity contribution >= 4 is 31.9 Å². The number of aryl methyl sites for hydroxylation is 1. The number of nitrogens with one attached hydrogen (secondary N) is 1. The second-order valence-corrected chi connectivity index (χ2v) is 6.23. The molecule has 0 spiro atoms. The molecule has 100 valence electrons. The van der Waals surface area contributed by atoms with Gasteiger partial charge in [0.05, 0.1) is 6.04 Å². The number of pyridine rings is 1. The van der Waals surface area contributed by atoms with Gasteiger partial charge in [-0.2, -0.15) is 0 Å². The number of aromatic nitrogens is 1. The van der Waals surface area contributed by atoms with Gasteiger partial charge in [-0.3, -0.25) is 16.3 Å². The Kier molecular flexibility index (Phi) is 5.10.